The van der Waals surface area contributed by atoms with Gasteiger partial charge in [0.2, 0.25) is 5.95 Å². The molecule has 1 unspecified atom stereocenters. The minimum atomic E-state index is 0. The van der Waals surface area contributed by atoms with Crippen LogP contribution in [-0.2, 0) is 6.54 Å². The summed E-state index contributed by atoms with van der Waals surface area (Å²) in [4.78, 5) is 19.7. The van der Waals surface area contributed by atoms with Crippen molar-refractivity contribution in [3.63, 3.8) is 0 Å². The molecule has 26 heavy (non-hydrogen) atoms. The van der Waals surface area contributed by atoms with Gasteiger partial charge in [-0.05, 0) is 37.5 Å². The van der Waals surface area contributed by atoms with E-state index in [1.807, 2.05) is 18.3 Å². The van der Waals surface area contributed by atoms with Crippen LogP contribution in [-0.4, -0.2) is 47.1 Å². The third-order valence-electron chi connectivity index (χ3n) is 4.36. The lowest BCUT2D eigenvalue weighted by atomic mass is 10.1. The van der Waals surface area contributed by atoms with Crippen molar-refractivity contribution in [3.05, 3.63) is 48.0 Å². The molecule has 140 valence electrons. The molecule has 3 rings (SSSR count). The Hall–Kier alpha value is -1.97. The van der Waals surface area contributed by atoms with Crippen LogP contribution in [0.1, 0.15) is 24.1 Å². The van der Waals surface area contributed by atoms with Gasteiger partial charge in [0, 0.05) is 44.8 Å². The summed E-state index contributed by atoms with van der Waals surface area (Å²) in [6.45, 7) is 4.58. The van der Waals surface area contributed by atoms with E-state index in [0.29, 0.717) is 12.6 Å². The van der Waals surface area contributed by atoms with Crippen molar-refractivity contribution < 1.29 is 0 Å². The lowest BCUT2D eigenvalue weighted by molar-refractivity contribution is 0.463. The van der Waals surface area contributed by atoms with Gasteiger partial charge in [0.1, 0.15) is 0 Å². The predicted octanol–water partition coefficient (Wildman–Crippen LogP) is 2.13. The van der Waals surface area contributed by atoms with E-state index in [2.05, 4.69) is 48.5 Å². The summed E-state index contributed by atoms with van der Waals surface area (Å²) in [7, 11) is 1.79. The van der Waals surface area contributed by atoms with E-state index >= 15 is 0 Å². The zero-order chi connectivity index (χ0) is 17.5. The molecule has 0 aliphatic carbocycles. The van der Waals surface area contributed by atoms with Crippen LogP contribution in [0.2, 0.25) is 0 Å². The Morgan fingerprint density at radius 3 is 2.73 bits per heavy atom. The van der Waals surface area contributed by atoms with E-state index in [-0.39, 0.29) is 24.0 Å². The van der Waals surface area contributed by atoms with Gasteiger partial charge in [0.05, 0.1) is 12.2 Å². The summed E-state index contributed by atoms with van der Waals surface area (Å²) in [5.41, 5.74) is 2.21. The standard InChI is InChI=1S/C18H25N7.HI/c1-14-6-3-8-20-16(14)12-23-17(19-2)24-15-7-4-11-25(13-15)18-21-9-5-10-22-18;/h3,5-6,8-10,15H,4,7,11-13H2,1-2H3,(H2,19,23,24);1H. The number of guanidine groups is 1. The number of nitrogens with one attached hydrogen (secondary N) is 2. The van der Waals surface area contributed by atoms with Gasteiger partial charge < -0.3 is 15.5 Å². The van der Waals surface area contributed by atoms with Gasteiger partial charge in [0.15, 0.2) is 5.96 Å². The highest BCUT2D eigenvalue weighted by molar-refractivity contribution is 14.0. The van der Waals surface area contributed by atoms with Crippen molar-refractivity contribution in [2.45, 2.75) is 32.4 Å². The van der Waals surface area contributed by atoms with E-state index in [0.717, 1.165) is 43.5 Å². The maximum absolute atomic E-state index is 4.41. The molecule has 0 spiro atoms. The number of hydrogen-bond acceptors (Lipinski definition) is 5. The average molecular weight is 467 g/mol. The lowest BCUT2D eigenvalue weighted by Gasteiger charge is -2.33. The van der Waals surface area contributed by atoms with E-state index in [1.54, 1.807) is 19.4 Å². The van der Waals surface area contributed by atoms with Gasteiger partial charge in [-0.1, -0.05) is 6.07 Å². The number of pyridine rings is 1. The Kier molecular flexibility index (Phi) is 8.02. The van der Waals surface area contributed by atoms with Gasteiger partial charge in [-0.15, -0.1) is 24.0 Å². The molecule has 2 aromatic rings. The second-order valence-electron chi connectivity index (χ2n) is 6.17. The third kappa shape index (κ3) is 5.52. The Morgan fingerprint density at radius 2 is 2.00 bits per heavy atom. The largest absolute Gasteiger partial charge is 0.352 e. The lowest BCUT2D eigenvalue weighted by Crippen LogP contribution is -2.51. The molecule has 0 saturated carbocycles. The van der Waals surface area contributed by atoms with Crippen LogP contribution in [0.5, 0.6) is 0 Å². The molecule has 1 fully saturated rings. The Morgan fingerprint density at radius 1 is 1.23 bits per heavy atom. The summed E-state index contributed by atoms with van der Waals surface area (Å²) in [6.07, 6.45) is 7.60. The second-order valence-corrected chi connectivity index (χ2v) is 6.17. The average Bonchev–Trinajstić information content (AvgIpc) is 2.67. The SMILES string of the molecule is CN=C(NCc1ncccc1C)NC1CCCN(c2ncccn2)C1.I. The van der Waals surface area contributed by atoms with Crippen LogP contribution in [0.25, 0.3) is 0 Å². The minimum absolute atomic E-state index is 0. The summed E-state index contributed by atoms with van der Waals surface area (Å²) in [6, 6.07) is 6.18. The second kappa shape index (κ2) is 10.2. The maximum atomic E-state index is 4.41. The molecule has 0 amide bonds. The summed E-state index contributed by atoms with van der Waals surface area (Å²) in [5, 5.41) is 6.86. The number of aliphatic imine (C=N–C) groups is 1. The molecular weight excluding hydrogens is 441 g/mol. The molecule has 3 heterocycles. The molecule has 1 atom stereocenters. The van der Waals surface area contributed by atoms with E-state index in [1.165, 1.54) is 5.56 Å². The first-order valence-electron chi connectivity index (χ1n) is 8.66. The quantitative estimate of drug-likeness (QED) is 0.408. The number of hydrogen-bond donors (Lipinski definition) is 2. The van der Waals surface area contributed by atoms with Gasteiger partial charge in [-0.25, -0.2) is 9.97 Å². The topological polar surface area (TPSA) is 78.3 Å². The van der Waals surface area contributed by atoms with Crippen molar-refractivity contribution >= 4 is 35.9 Å². The minimum Gasteiger partial charge on any atom is -0.352 e. The highest BCUT2D eigenvalue weighted by Gasteiger charge is 2.22. The molecule has 0 radical (unpaired) electrons. The molecule has 2 N–H and O–H groups in total. The van der Waals surface area contributed by atoms with Gasteiger partial charge in [-0.3, -0.25) is 9.98 Å². The predicted molar refractivity (Wildman–Crippen MR) is 115 cm³/mol. The number of piperidine rings is 1. The number of halogens is 1. The van der Waals surface area contributed by atoms with E-state index < -0.39 is 0 Å². The van der Waals surface area contributed by atoms with Crippen molar-refractivity contribution in [1.82, 2.24) is 25.6 Å². The van der Waals surface area contributed by atoms with Crippen molar-refractivity contribution in [3.8, 4) is 0 Å². The number of anilines is 1. The summed E-state index contributed by atoms with van der Waals surface area (Å²) in [5.74, 6) is 1.59. The van der Waals surface area contributed by atoms with E-state index in [9.17, 15) is 0 Å². The van der Waals surface area contributed by atoms with Crippen molar-refractivity contribution in [2.75, 3.05) is 25.0 Å². The van der Waals surface area contributed by atoms with Crippen LogP contribution in [0.4, 0.5) is 5.95 Å². The van der Waals surface area contributed by atoms with Crippen LogP contribution < -0.4 is 15.5 Å². The number of aryl methyl sites for hydroxylation is 1. The monoisotopic (exact) mass is 467 g/mol. The number of aromatic nitrogens is 3. The Bertz CT molecular complexity index is 708. The van der Waals surface area contributed by atoms with Crippen LogP contribution in [0.15, 0.2) is 41.8 Å². The molecule has 1 aliphatic heterocycles. The molecular formula is C18H26IN7. The fourth-order valence-electron chi connectivity index (χ4n) is 2.99. The fourth-order valence-corrected chi connectivity index (χ4v) is 2.99. The first-order valence-corrected chi connectivity index (χ1v) is 8.66. The third-order valence-corrected chi connectivity index (χ3v) is 4.36. The number of rotatable bonds is 4. The molecule has 1 aliphatic rings. The Labute approximate surface area is 171 Å². The smallest absolute Gasteiger partial charge is 0.225 e. The molecule has 7 nitrogen and oxygen atoms in total. The van der Waals surface area contributed by atoms with Crippen molar-refractivity contribution in [2.24, 2.45) is 4.99 Å². The number of nitrogens with zero attached hydrogens (tertiary/aromatic N) is 5. The Balaban J connectivity index is 0.00000243. The van der Waals surface area contributed by atoms with Crippen LogP contribution in [0, 0.1) is 6.92 Å². The van der Waals surface area contributed by atoms with Gasteiger partial charge in [0.25, 0.3) is 0 Å². The van der Waals surface area contributed by atoms with E-state index in [4.69, 9.17) is 0 Å². The van der Waals surface area contributed by atoms with Crippen molar-refractivity contribution in [1.29, 1.82) is 0 Å². The molecule has 1 saturated heterocycles. The molecule has 0 aromatic carbocycles. The molecule has 8 heteroatoms. The fraction of sp³-hybridized carbons (Fsp3) is 0.444. The highest BCUT2D eigenvalue weighted by Crippen LogP contribution is 2.15. The first-order chi connectivity index (χ1) is 12.3. The highest BCUT2D eigenvalue weighted by atomic mass is 127. The van der Waals surface area contributed by atoms with Gasteiger partial charge >= 0.3 is 0 Å². The zero-order valence-electron chi connectivity index (χ0n) is 15.2. The first kappa shape index (κ1) is 20.3. The summed E-state index contributed by atoms with van der Waals surface area (Å²) < 4.78 is 0. The zero-order valence-corrected chi connectivity index (χ0v) is 17.6. The van der Waals surface area contributed by atoms with Crippen LogP contribution >= 0.6 is 24.0 Å². The summed E-state index contributed by atoms with van der Waals surface area (Å²) >= 11 is 0. The van der Waals surface area contributed by atoms with Crippen LogP contribution in [0.3, 0.4) is 0 Å². The maximum Gasteiger partial charge on any atom is 0.225 e. The molecule has 0 bridgehead atoms. The van der Waals surface area contributed by atoms with Gasteiger partial charge in [-0.2, -0.15) is 0 Å². The molecule has 2 aromatic heterocycles. The normalized spacial score (nSPS) is 17.4.